The van der Waals surface area contributed by atoms with Crippen molar-refractivity contribution in [1.82, 2.24) is 30.3 Å². The van der Waals surface area contributed by atoms with Crippen LogP contribution in [0.15, 0.2) is 24.5 Å². The third-order valence-corrected chi connectivity index (χ3v) is 8.83. The molecule has 1 atom stereocenters. The first-order chi connectivity index (χ1) is 21.7. The molecule has 2 aliphatic heterocycles. The van der Waals surface area contributed by atoms with Crippen LogP contribution in [0.3, 0.4) is 0 Å². The molecule has 2 fully saturated rings. The van der Waals surface area contributed by atoms with Crippen LogP contribution in [0.4, 0.5) is 15.0 Å². The molecule has 2 amide bonds. The normalized spacial score (nSPS) is 16.9. The zero-order valence-corrected chi connectivity index (χ0v) is 28.8. The first-order valence-electron chi connectivity index (χ1n) is 16.6. The predicted octanol–water partition coefficient (Wildman–Crippen LogP) is 5.91. The standard InChI is InChI=1S/C34H52FN7O4/c1-9-42(24(4)5)31(43)26-18-25(35)13-14-28(26)46-30-29(36-22-37-39-30)40-16-15-34(19-40)20-41(21-34)27(23(2)3)12-10-11-17-45-32(44)38-33(6,7)8/h13-14,18,22-24,27H,9-12,15-17,19-21H2,1-8H3,(H,38,44). The predicted molar refractivity (Wildman–Crippen MR) is 176 cm³/mol. The van der Waals surface area contributed by atoms with Gasteiger partial charge in [0.2, 0.25) is 0 Å². The number of likely N-dealkylation sites (tertiary alicyclic amines) is 1. The molecule has 1 unspecified atom stereocenters. The second-order valence-electron chi connectivity index (χ2n) is 14.4. The van der Waals surface area contributed by atoms with Crippen LogP contribution in [0.25, 0.3) is 0 Å². The molecule has 0 aliphatic carbocycles. The van der Waals surface area contributed by atoms with E-state index in [1.165, 1.54) is 24.5 Å². The second-order valence-corrected chi connectivity index (χ2v) is 14.4. The van der Waals surface area contributed by atoms with Crippen molar-refractivity contribution in [1.29, 1.82) is 0 Å². The number of anilines is 1. The summed E-state index contributed by atoms with van der Waals surface area (Å²) >= 11 is 0. The zero-order valence-electron chi connectivity index (χ0n) is 28.8. The highest BCUT2D eigenvalue weighted by atomic mass is 19.1. The Hall–Kier alpha value is -3.54. The largest absolute Gasteiger partial charge is 0.450 e. The number of benzene rings is 1. The van der Waals surface area contributed by atoms with E-state index in [9.17, 15) is 14.0 Å². The molecule has 4 rings (SSSR count). The highest BCUT2D eigenvalue weighted by Crippen LogP contribution is 2.44. The van der Waals surface area contributed by atoms with Gasteiger partial charge in [0.05, 0.1) is 12.2 Å². The van der Waals surface area contributed by atoms with Crippen LogP contribution >= 0.6 is 0 Å². The van der Waals surface area contributed by atoms with Gasteiger partial charge in [0, 0.05) is 55.8 Å². The van der Waals surface area contributed by atoms with E-state index in [4.69, 9.17) is 9.47 Å². The van der Waals surface area contributed by atoms with Crippen LogP contribution in [0.5, 0.6) is 11.6 Å². The zero-order chi connectivity index (χ0) is 33.6. The number of ether oxygens (including phenoxy) is 2. The summed E-state index contributed by atoms with van der Waals surface area (Å²) in [7, 11) is 0. The van der Waals surface area contributed by atoms with E-state index < -0.39 is 5.82 Å². The molecular weight excluding hydrogens is 589 g/mol. The number of hydrogen-bond donors (Lipinski definition) is 1. The number of nitrogens with one attached hydrogen (secondary N) is 1. The average Bonchev–Trinajstić information content (AvgIpc) is 3.40. The minimum absolute atomic E-state index is 0.0545. The Balaban J connectivity index is 1.36. The van der Waals surface area contributed by atoms with Gasteiger partial charge in [-0.25, -0.2) is 14.2 Å². The Morgan fingerprint density at radius 1 is 1.13 bits per heavy atom. The number of nitrogens with zero attached hydrogens (tertiary/aromatic N) is 6. The molecule has 2 aliphatic rings. The van der Waals surface area contributed by atoms with Gasteiger partial charge in [-0.3, -0.25) is 9.69 Å². The number of aromatic nitrogens is 3. The topological polar surface area (TPSA) is 113 Å². The summed E-state index contributed by atoms with van der Waals surface area (Å²) in [5.74, 6) is 0.678. The molecule has 254 valence electrons. The molecule has 1 aromatic carbocycles. The van der Waals surface area contributed by atoms with Gasteiger partial charge in [0.25, 0.3) is 11.8 Å². The van der Waals surface area contributed by atoms with Crippen molar-refractivity contribution >= 4 is 17.8 Å². The number of carbonyl (C=O) groups is 2. The molecule has 46 heavy (non-hydrogen) atoms. The summed E-state index contributed by atoms with van der Waals surface area (Å²) in [5, 5.41) is 11.0. The molecular formula is C34H52FN7O4. The highest BCUT2D eigenvalue weighted by Gasteiger charge is 2.50. The van der Waals surface area contributed by atoms with Crippen molar-refractivity contribution in [2.24, 2.45) is 11.3 Å². The lowest BCUT2D eigenvalue weighted by atomic mass is 9.76. The van der Waals surface area contributed by atoms with Gasteiger partial charge in [-0.2, -0.15) is 0 Å². The van der Waals surface area contributed by atoms with Crippen molar-refractivity contribution < 1.29 is 23.5 Å². The lowest BCUT2D eigenvalue weighted by molar-refractivity contribution is -0.0343. The fourth-order valence-corrected chi connectivity index (χ4v) is 6.63. The first-order valence-corrected chi connectivity index (χ1v) is 16.6. The fraction of sp³-hybridized carbons (Fsp3) is 0.676. The molecule has 0 bridgehead atoms. The van der Waals surface area contributed by atoms with E-state index in [1.54, 1.807) is 4.90 Å². The van der Waals surface area contributed by atoms with Gasteiger partial charge in [-0.15, -0.1) is 10.2 Å². The Kier molecular flexibility index (Phi) is 11.5. The third-order valence-electron chi connectivity index (χ3n) is 8.83. The van der Waals surface area contributed by atoms with Gasteiger partial charge >= 0.3 is 6.09 Å². The highest BCUT2D eigenvalue weighted by molar-refractivity contribution is 5.97. The van der Waals surface area contributed by atoms with Crippen LogP contribution in [0.2, 0.25) is 0 Å². The number of halogens is 1. The Bertz CT molecular complexity index is 1340. The van der Waals surface area contributed by atoms with Crippen LogP contribution in [0, 0.1) is 17.2 Å². The SMILES string of the molecule is CCN(C(=O)c1cc(F)ccc1Oc1nncnc1N1CCC2(C1)CN(C(CCCCOC(=O)NC(C)(C)C)C(C)C)C2)C(C)C. The maximum atomic E-state index is 14.3. The molecule has 3 heterocycles. The third kappa shape index (κ3) is 8.83. The number of alkyl carbamates (subject to hydrolysis) is 1. The fourth-order valence-electron chi connectivity index (χ4n) is 6.63. The quantitative estimate of drug-likeness (QED) is 0.267. The van der Waals surface area contributed by atoms with E-state index in [1.807, 2.05) is 41.5 Å². The first kappa shape index (κ1) is 35.3. The Labute approximate surface area is 273 Å². The van der Waals surface area contributed by atoms with E-state index >= 15 is 0 Å². The molecule has 12 heteroatoms. The van der Waals surface area contributed by atoms with Crippen molar-refractivity contribution in [3.05, 3.63) is 35.9 Å². The smallest absolute Gasteiger partial charge is 0.407 e. The average molecular weight is 642 g/mol. The lowest BCUT2D eigenvalue weighted by Gasteiger charge is -2.53. The van der Waals surface area contributed by atoms with Gasteiger partial charge < -0.3 is 24.6 Å². The maximum Gasteiger partial charge on any atom is 0.407 e. The van der Waals surface area contributed by atoms with E-state index in [2.05, 4.69) is 44.1 Å². The van der Waals surface area contributed by atoms with Gasteiger partial charge in [-0.05, 0) is 91.3 Å². The molecule has 2 aromatic rings. The molecule has 11 nitrogen and oxygen atoms in total. The maximum absolute atomic E-state index is 14.3. The number of unbranched alkanes of at least 4 members (excludes halogenated alkanes) is 1. The van der Waals surface area contributed by atoms with Crippen LogP contribution < -0.4 is 15.0 Å². The number of amides is 2. The van der Waals surface area contributed by atoms with Crippen molar-refractivity contribution in [2.45, 2.75) is 98.7 Å². The monoisotopic (exact) mass is 641 g/mol. The minimum Gasteiger partial charge on any atom is -0.450 e. The van der Waals surface area contributed by atoms with E-state index in [0.717, 1.165) is 51.9 Å². The van der Waals surface area contributed by atoms with Crippen LogP contribution in [0.1, 0.15) is 91.4 Å². The molecule has 0 radical (unpaired) electrons. The van der Waals surface area contributed by atoms with Crippen molar-refractivity contribution in [2.75, 3.05) is 44.2 Å². The van der Waals surface area contributed by atoms with Gasteiger partial charge in [0.15, 0.2) is 5.82 Å². The molecule has 1 aromatic heterocycles. The summed E-state index contributed by atoms with van der Waals surface area (Å²) in [6.07, 6.45) is 4.95. The summed E-state index contributed by atoms with van der Waals surface area (Å²) in [6, 6.07) is 4.36. The Morgan fingerprint density at radius 2 is 1.87 bits per heavy atom. The number of carbonyl (C=O) groups excluding carboxylic acids is 2. The molecule has 2 saturated heterocycles. The molecule has 1 N–H and O–H groups in total. The summed E-state index contributed by atoms with van der Waals surface area (Å²) in [5.41, 5.74) is -0.0169. The van der Waals surface area contributed by atoms with Crippen molar-refractivity contribution in [3.63, 3.8) is 0 Å². The molecule has 1 spiro atoms. The number of hydrogen-bond acceptors (Lipinski definition) is 9. The summed E-state index contributed by atoms with van der Waals surface area (Å²) in [4.78, 5) is 36.2. The molecule has 0 saturated carbocycles. The van der Waals surface area contributed by atoms with Gasteiger partial charge in [-0.1, -0.05) is 13.8 Å². The van der Waals surface area contributed by atoms with E-state index in [-0.39, 0.29) is 46.2 Å². The summed E-state index contributed by atoms with van der Waals surface area (Å²) in [6.45, 7) is 20.6. The van der Waals surface area contributed by atoms with Crippen LogP contribution in [-0.4, -0.2) is 93.9 Å². The number of rotatable bonds is 13. The van der Waals surface area contributed by atoms with Gasteiger partial charge in [0.1, 0.15) is 17.9 Å². The summed E-state index contributed by atoms with van der Waals surface area (Å²) < 4.78 is 25.8. The van der Waals surface area contributed by atoms with E-state index in [0.29, 0.717) is 30.9 Å². The Morgan fingerprint density at radius 3 is 2.52 bits per heavy atom. The lowest BCUT2D eigenvalue weighted by Crippen LogP contribution is -2.61. The van der Waals surface area contributed by atoms with Crippen LogP contribution in [-0.2, 0) is 4.74 Å². The minimum atomic E-state index is -0.513. The second kappa shape index (κ2) is 14.9. The van der Waals surface area contributed by atoms with Crippen molar-refractivity contribution in [3.8, 4) is 11.6 Å².